The fraction of sp³-hybridized carbons (Fsp3) is 0.261. The summed E-state index contributed by atoms with van der Waals surface area (Å²) in [5, 5.41) is 17.8. The number of carboxylic acid groups (broad SMARTS) is 2. The number of amides is 3. The molecule has 23 heteroatoms. The highest BCUT2D eigenvalue weighted by Crippen LogP contribution is 2.44. The molecule has 2 aliphatic heterocycles. The van der Waals surface area contributed by atoms with Crippen LogP contribution in [0.1, 0.15) is 34.3 Å². The minimum Gasteiger partial charge on any atom is -0.497 e. The Labute approximate surface area is 390 Å². The Morgan fingerprint density at radius 2 is 1.43 bits per heavy atom. The molecule has 69 heavy (non-hydrogen) atoms. The third-order valence-corrected chi connectivity index (χ3v) is 12.8. The number of anilines is 3. The molecule has 3 aromatic carbocycles. The van der Waals surface area contributed by atoms with E-state index in [4.69, 9.17) is 29.5 Å². The summed E-state index contributed by atoms with van der Waals surface area (Å²) >= 11 is 0. The molecule has 5 heterocycles. The Morgan fingerprint density at radius 1 is 0.855 bits per heavy atom. The lowest BCUT2D eigenvalue weighted by molar-refractivity contribution is -0.193. The van der Waals surface area contributed by atoms with Gasteiger partial charge >= 0.3 is 30.3 Å². The molecule has 16 nitrogen and oxygen atoms in total. The van der Waals surface area contributed by atoms with Gasteiger partial charge in [0.1, 0.15) is 21.2 Å². The molecule has 4 N–H and O–H groups in total. The molecule has 0 aliphatic carbocycles. The molecule has 3 aromatic heterocycles. The Balaban J connectivity index is 0.000000489. The summed E-state index contributed by atoms with van der Waals surface area (Å²) in [6.45, 7) is 2.53. The van der Waals surface area contributed by atoms with Gasteiger partial charge in [-0.1, -0.05) is 36.4 Å². The molecular weight excluding hydrogens is 941 g/mol. The number of halogens is 6. The van der Waals surface area contributed by atoms with E-state index in [1.165, 1.54) is 6.26 Å². The maximum absolute atomic E-state index is 13.9. The van der Waals surface area contributed by atoms with Crippen molar-refractivity contribution in [2.45, 2.75) is 43.5 Å². The zero-order valence-electron chi connectivity index (χ0n) is 36.8. The number of hydrogen-bond donors (Lipinski definition) is 4. The minimum atomic E-state index is -5.08. The number of benzene rings is 3. The first-order valence-electron chi connectivity index (χ1n) is 20.6. The number of aromatic nitrogens is 3. The number of nitrogens with one attached hydrogen (secondary N) is 2. The van der Waals surface area contributed by atoms with Crippen molar-refractivity contribution >= 4 is 61.8 Å². The highest BCUT2D eigenvalue weighted by Gasteiger charge is 2.39. The number of carboxylic acids is 2. The van der Waals surface area contributed by atoms with Crippen molar-refractivity contribution in [3.8, 4) is 28.1 Å². The number of aliphatic carboxylic acids is 2. The Bertz CT molecular complexity index is 2900. The molecule has 1 saturated heterocycles. The van der Waals surface area contributed by atoms with E-state index < -0.39 is 34.1 Å². The average molecular weight is 984 g/mol. The first kappa shape index (κ1) is 50.9. The van der Waals surface area contributed by atoms with Gasteiger partial charge in [-0.15, -0.1) is 0 Å². The van der Waals surface area contributed by atoms with E-state index >= 15 is 0 Å². The standard InChI is InChI=1S/C42H41N7O5S.2C2HF3O2/c1-47-36-24-44-40-38(35(36)26-49(42(47)51)32-14-10-30(11-15-32)41(50)45-31-5-4-20-43-23-31)37(28-12-16-33(54-2)17-13-28)39(46-40)29-8-6-27(7-9-29)25-48-21-18-34(19-22-48)55(3,52)53;2*3-2(4,5)1(6)7/h4-17,20,23-24,34H,18-19,21-22,25-26H2,1-3H3,(H,44,46)(H,45,50);2*(H,6,7). The SMILES string of the molecule is COc1ccc(-c2c(-c3ccc(CN4CCC(S(C)(=O)=O)CC4)cc3)[nH]c3ncc4c(c23)CN(c2ccc(C(=O)Nc3cccnc3)cc2)C(=O)N4C)cc1.O=C(O)C(F)(F)F.O=C(O)C(F)(F)F. The van der Waals surface area contributed by atoms with Crippen molar-refractivity contribution in [1.82, 2.24) is 19.9 Å². The molecule has 0 saturated carbocycles. The molecule has 0 radical (unpaired) electrons. The number of H-pyrrole nitrogens is 1. The van der Waals surface area contributed by atoms with Crippen molar-refractivity contribution in [2.24, 2.45) is 0 Å². The summed E-state index contributed by atoms with van der Waals surface area (Å²) in [7, 11) is 0.369. The number of carbonyl (C=O) groups is 4. The largest absolute Gasteiger partial charge is 0.497 e. The van der Waals surface area contributed by atoms with Gasteiger partial charge in [-0.05, 0) is 91.2 Å². The third-order valence-electron chi connectivity index (χ3n) is 11.1. The number of fused-ring (bicyclic) bond motifs is 3. The van der Waals surface area contributed by atoms with Crippen molar-refractivity contribution in [3.63, 3.8) is 0 Å². The van der Waals surface area contributed by atoms with Crippen LogP contribution in [0.3, 0.4) is 0 Å². The maximum atomic E-state index is 13.9. The highest BCUT2D eigenvalue weighted by molar-refractivity contribution is 7.91. The lowest BCUT2D eigenvalue weighted by Crippen LogP contribution is -2.45. The normalized spacial score (nSPS) is 14.5. The van der Waals surface area contributed by atoms with E-state index in [9.17, 15) is 44.3 Å². The topological polar surface area (TPSA) is 215 Å². The van der Waals surface area contributed by atoms with E-state index in [0.29, 0.717) is 35.4 Å². The lowest BCUT2D eigenvalue weighted by Gasteiger charge is -2.35. The van der Waals surface area contributed by atoms with Gasteiger partial charge in [0.05, 0.1) is 48.4 Å². The van der Waals surface area contributed by atoms with E-state index in [1.807, 2.05) is 24.3 Å². The average Bonchev–Trinajstić information content (AvgIpc) is 3.71. The lowest BCUT2D eigenvalue weighted by atomic mass is 9.94. The number of carbonyl (C=O) groups excluding carboxylic acids is 2. The third kappa shape index (κ3) is 12.3. The smallest absolute Gasteiger partial charge is 0.490 e. The zero-order valence-corrected chi connectivity index (χ0v) is 37.6. The van der Waals surface area contributed by atoms with Gasteiger partial charge in [0.25, 0.3) is 5.91 Å². The van der Waals surface area contributed by atoms with Crippen molar-refractivity contribution in [3.05, 3.63) is 120 Å². The molecule has 2 aliphatic rings. The van der Waals surface area contributed by atoms with E-state index in [0.717, 1.165) is 70.0 Å². The number of methoxy groups -OCH3 is 1. The number of nitrogens with zero attached hydrogens (tertiary/aromatic N) is 5. The number of sulfone groups is 1. The number of urea groups is 1. The van der Waals surface area contributed by atoms with Gasteiger partial charge in [0.15, 0.2) is 0 Å². The fourth-order valence-corrected chi connectivity index (χ4v) is 8.66. The second kappa shape index (κ2) is 20.8. The summed E-state index contributed by atoms with van der Waals surface area (Å²) in [4.78, 5) is 62.7. The molecule has 0 atom stereocenters. The Kier molecular flexibility index (Phi) is 15.3. The monoisotopic (exact) mass is 983 g/mol. The number of ether oxygens (including phenoxy) is 1. The van der Waals surface area contributed by atoms with Crippen LogP contribution < -0.4 is 19.9 Å². The van der Waals surface area contributed by atoms with Crippen LogP contribution in [-0.2, 0) is 32.5 Å². The minimum absolute atomic E-state index is 0.209. The summed E-state index contributed by atoms with van der Waals surface area (Å²) in [5.41, 5.74) is 9.01. The molecule has 0 unspecified atom stereocenters. The van der Waals surface area contributed by atoms with Gasteiger partial charge in [0.2, 0.25) is 0 Å². The Morgan fingerprint density at radius 3 is 1.96 bits per heavy atom. The van der Waals surface area contributed by atoms with Crippen LogP contribution in [0.15, 0.2) is 104 Å². The molecule has 6 aromatic rings. The predicted octanol–water partition coefficient (Wildman–Crippen LogP) is 8.40. The summed E-state index contributed by atoms with van der Waals surface area (Å²) < 4.78 is 93.1. The molecule has 3 amide bonds. The van der Waals surface area contributed by atoms with Crippen LogP contribution in [0, 0.1) is 0 Å². The van der Waals surface area contributed by atoms with Crippen molar-refractivity contribution in [1.29, 1.82) is 0 Å². The first-order valence-corrected chi connectivity index (χ1v) is 22.6. The van der Waals surface area contributed by atoms with Gasteiger partial charge in [-0.2, -0.15) is 26.3 Å². The molecular formula is C46H43F6N7O9S. The molecule has 8 rings (SSSR count). The molecule has 0 spiro atoms. The second-order valence-electron chi connectivity index (χ2n) is 15.7. The van der Waals surface area contributed by atoms with E-state index in [-0.39, 0.29) is 23.7 Å². The zero-order chi connectivity index (χ0) is 50.4. The summed E-state index contributed by atoms with van der Waals surface area (Å²) in [6.07, 6.45) is -2.55. The van der Waals surface area contributed by atoms with Crippen LogP contribution in [0.5, 0.6) is 5.75 Å². The number of likely N-dealkylation sites (tertiary alicyclic amines) is 1. The highest BCUT2D eigenvalue weighted by atomic mass is 32.2. The van der Waals surface area contributed by atoms with Crippen molar-refractivity contribution in [2.75, 3.05) is 48.6 Å². The summed E-state index contributed by atoms with van der Waals surface area (Å²) in [5.74, 6) is -5.05. The van der Waals surface area contributed by atoms with E-state index in [2.05, 4.69) is 44.5 Å². The number of aromatic amines is 1. The first-order chi connectivity index (χ1) is 32.5. The van der Waals surface area contributed by atoms with Crippen LogP contribution in [0.4, 0.5) is 48.2 Å². The van der Waals surface area contributed by atoms with Gasteiger partial charge < -0.3 is 25.3 Å². The fourth-order valence-electron chi connectivity index (χ4n) is 7.60. The number of pyridine rings is 2. The summed E-state index contributed by atoms with van der Waals surface area (Å²) in [6, 6.07) is 26.7. The van der Waals surface area contributed by atoms with Gasteiger partial charge in [0, 0.05) is 53.8 Å². The molecule has 364 valence electrons. The van der Waals surface area contributed by atoms with Crippen LogP contribution in [0.2, 0.25) is 0 Å². The van der Waals surface area contributed by atoms with Crippen LogP contribution in [-0.4, -0.2) is 113 Å². The number of rotatable bonds is 9. The number of hydrogen-bond acceptors (Lipinski definition) is 10. The predicted molar refractivity (Wildman–Crippen MR) is 243 cm³/mol. The molecule has 1 fully saturated rings. The number of alkyl halides is 6. The van der Waals surface area contributed by atoms with E-state index in [1.54, 1.807) is 78.9 Å². The van der Waals surface area contributed by atoms with Crippen LogP contribution >= 0.6 is 0 Å². The van der Waals surface area contributed by atoms with Crippen LogP contribution in [0.25, 0.3) is 33.4 Å². The molecule has 0 bridgehead atoms. The number of piperidine rings is 1. The maximum Gasteiger partial charge on any atom is 0.490 e. The van der Waals surface area contributed by atoms with Gasteiger partial charge in [-0.3, -0.25) is 24.5 Å². The van der Waals surface area contributed by atoms with Crippen molar-refractivity contribution < 1.29 is 68.9 Å². The van der Waals surface area contributed by atoms with Gasteiger partial charge in [-0.25, -0.2) is 27.8 Å². The Hall–Kier alpha value is -7.53. The quantitative estimate of drug-likeness (QED) is 0.101. The second-order valence-corrected chi connectivity index (χ2v) is 18.1.